The van der Waals surface area contributed by atoms with E-state index >= 15 is 0 Å². The van der Waals surface area contributed by atoms with Crippen molar-refractivity contribution in [1.29, 1.82) is 5.26 Å². The average molecular weight is 307 g/mol. The van der Waals surface area contributed by atoms with Crippen LogP contribution in [0.1, 0.15) is 5.56 Å². The van der Waals surface area contributed by atoms with Crippen molar-refractivity contribution in [2.24, 2.45) is 0 Å². The van der Waals surface area contributed by atoms with Crippen LogP contribution < -0.4 is 4.74 Å². The van der Waals surface area contributed by atoms with Crippen molar-refractivity contribution in [2.45, 2.75) is 4.90 Å². The monoisotopic (exact) mass is 307 g/mol. The molecule has 108 valence electrons. The van der Waals surface area contributed by atoms with E-state index in [1.165, 1.54) is 6.07 Å². The lowest BCUT2D eigenvalue weighted by atomic mass is 10.2. The molecule has 1 atom stereocenters. The standard InChI is InChI=1S/C15H11F2NO2S/c16-13-6-5-12(9-14(13)17)21(19)8-7-20-15-4-2-1-3-11(15)10-18/h1-6,9H,7-8H2. The first-order chi connectivity index (χ1) is 10.1. The fourth-order valence-electron chi connectivity index (χ4n) is 1.65. The van der Waals surface area contributed by atoms with Gasteiger partial charge < -0.3 is 4.74 Å². The van der Waals surface area contributed by atoms with Gasteiger partial charge in [-0.25, -0.2) is 8.78 Å². The van der Waals surface area contributed by atoms with E-state index in [1.807, 2.05) is 6.07 Å². The minimum atomic E-state index is -1.50. The summed E-state index contributed by atoms with van der Waals surface area (Å²) in [6.45, 7) is 0.101. The third-order valence-corrected chi connectivity index (χ3v) is 4.00. The molecule has 0 aliphatic carbocycles. The van der Waals surface area contributed by atoms with Crippen LogP contribution in [0.5, 0.6) is 5.75 Å². The van der Waals surface area contributed by atoms with E-state index < -0.39 is 22.4 Å². The van der Waals surface area contributed by atoms with Gasteiger partial charge in [0.1, 0.15) is 18.4 Å². The first-order valence-electron chi connectivity index (χ1n) is 6.07. The Kier molecular flexibility index (Phi) is 5.01. The van der Waals surface area contributed by atoms with Crippen LogP contribution in [-0.4, -0.2) is 16.6 Å². The molecule has 0 saturated carbocycles. The Labute approximate surface area is 123 Å². The summed E-state index contributed by atoms with van der Waals surface area (Å²) >= 11 is 0. The molecule has 0 bridgehead atoms. The Balaban J connectivity index is 1.95. The van der Waals surface area contributed by atoms with Crippen LogP contribution in [-0.2, 0) is 10.8 Å². The quantitative estimate of drug-likeness (QED) is 0.853. The highest BCUT2D eigenvalue weighted by molar-refractivity contribution is 7.85. The molecule has 0 spiro atoms. The van der Waals surface area contributed by atoms with Gasteiger partial charge in [0, 0.05) is 4.90 Å². The second-order valence-electron chi connectivity index (χ2n) is 4.08. The molecule has 0 amide bonds. The number of nitriles is 1. The van der Waals surface area contributed by atoms with Crippen molar-refractivity contribution in [1.82, 2.24) is 0 Å². The minimum Gasteiger partial charge on any atom is -0.491 e. The highest BCUT2D eigenvalue weighted by Crippen LogP contribution is 2.17. The molecule has 3 nitrogen and oxygen atoms in total. The molecular weight excluding hydrogens is 296 g/mol. The topological polar surface area (TPSA) is 50.1 Å². The second kappa shape index (κ2) is 6.95. The van der Waals surface area contributed by atoms with Crippen LogP contribution in [0, 0.1) is 23.0 Å². The zero-order valence-electron chi connectivity index (χ0n) is 10.9. The molecule has 0 radical (unpaired) electrons. The molecule has 2 aromatic carbocycles. The van der Waals surface area contributed by atoms with Gasteiger partial charge in [-0.1, -0.05) is 12.1 Å². The van der Waals surface area contributed by atoms with Crippen LogP contribution in [0.2, 0.25) is 0 Å². The van der Waals surface area contributed by atoms with Crippen molar-refractivity contribution < 1.29 is 17.7 Å². The van der Waals surface area contributed by atoms with E-state index in [-0.39, 0.29) is 17.3 Å². The molecule has 0 aliphatic rings. The Bertz CT molecular complexity index is 713. The van der Waals surface area contributed by atoms with Gasteiger partial charge in [-0.3, -0.25) is 4.21 Å². The number of rotatable bonds is 5. The van der Waals surface area contributed by atoms with Crippen LogP contribution in [0.3, 0.4) is 0 Å². The highest BCUT2D eigenvalue weighted by Gasteiger charge is 2.09. The van der Waals surface area contributed by atoms with Gasteiger partial charge >= 0.3 is 0 Å². The van der Waals surface area contributed by atoms with E-state index in [0.29, 0.717) is 11.3 Å². The summed E-state index contributed by atoms with van der Waals surface area (Å²) < 4.78 is 43.2. The summed E-state index contributed by atoms with van der Waals surface area (Å²) in [5.41, 5.74) is 0.385. The van der Waals surface area contributed by atoms with Gasteiger partial charge in [0.2, 0.25) is 0 Å². The van der Waals surface area contributed by atoms with Crippen LogP contribution in [0.4, 0.5) is 8.78 Å². The SMILES string of the molecule is N#Cc1ccccc1OCCS(=O)c1ccc(F)c(F)c1. The highest BCUT2D eigenvalue weighted by atomic mass is 32.2. The zero-order chi connectivity index (χ0) is 15.2. The molecule has 1 unspecified atom stereocenters. The predicted molar refractivity (Wildman–Crippen MR) is 74.3 cm³/mol. The number of para-hydroxylation sites is 1. The Morgan fingerprint density at radius 1 is 1.14 bits per heavy atom. The number of ether oxygens (including phenoxy) is 1. The van der Waals surface area contributed by atoms with Gasteiger partial charge in [-0.15, -0.1) is 0 Å². The Morgan fingerprint density at radius 3 is 2.62 bits per heavy atom. The number of benzene rings is 2. The first-order valence-corrected chi connectivity index (χ1v) is 7.39. The van der Waals surface area contributed by atoms with E-state index in [0.717, 1.165) is 12.1 Å². The summed E-state index contributed by atoms with van der Waals surface area (Å²) in [5, 5.41) is 8.89. The lowest BCUT2D eigenvalue weighted by molar-refractivity contribution is 0.341. The third kappa shape index (κ3) is 3.86. The largest absolute Gasteiger partial charge is 0.491 e. The second-order valence-corrected chi connectivity index (χ2v) is 5.65. The van der Waals surface area contributed by atoms with Crippen molar-refractivity contribution in [3.8, 4) is 11.8 Å². The Hall–Kier alpha value is -2.26. The average Bonchev–Trinajstić information content (AvgIpc) is 2.50. The fourth-order valence-corrected chi connectivity index (χ4v) is 2.57. The van der Waals surface area contributed by atoms with E-state index in [2.05, 4.69) is 0 Å². The molecule has 0 aliphatic heterocycles. The van der Waals surface area contributed by atoms with Gasteiger partial charge in [0.15, 0.2) is 11.6 Å². The molecule has 2 rings (SSSR count). The van der Waals surface area contributed by atoms with Gasteiger partial charge in [0.05, 0.1) is 22.1 Å². The Morgan fingerprint density at radius 2 is 1.90 bits per heavy atom. The molecule has 21 heavy (non-hydrogen) atoms. The maximum absolute atomic E-state index is 13.0. The normalized spacial score (nSPS) is 11.7. The van der Waals surface area contributed by atoms with E-state index in [1.54, 1.807) is 24.3 Å². The van der Waals surface area contributed by atoms with Gasteiger partial charge in [-0.05, 0) is 30.3 Å². The maximum Gasteiger partial charge on any atom is 0.160 e. The molecule has 0 heterocycles. The summed E-state index contributed by atoms with van der Waals surface area (Å²) in [6.07, 6.45) is 0. The van der Waals surface area contributed by atoms with Crippen LogP contribution in [0.15, 0.2) is 47.4 Å². The lowest BCUT2D eigenvalue weighted by Crippen LogP contribution is -2.09. The number of nitrogens with zero attached hydrogens (tertiary/aromatic N) is 1. The maximum atomic E-state index is 13.0. The minimum absolute atomic E-state index is 0.101. The molecule has 0 fully saturated rings. The van der Waals surface area contributed by atoms with E-state index in [4.69, 9.17) is 10.00 Å². The van der Waals surface area contributed by atoms with Crippen LogP contribution in [0.25, 0.3) is 0 Å². The summed E-state index contributed by atoms with van der Waals surface area (Å²) in [5.74, 6) is -1.49. The van der Waals surface area contributed by atoms with Crippen molar-refractivity contribution >= 4 is 10.8 Å². The van der Waals surface area contributed by atoms with E-state index in [9.17, 15) is 13.0 Å². The molecule has 0 N–H and O–H groups in total. The smallest absolute Gasteiger partial charge is 0.160 e. The van der Waals surface area contributed by atoms with Crippen LogP contribution >= 0.6 is 0 Å². The third-order valence-electron chi connectivity index (χ3n) is 2.69. The van der Waals surface area contributed by atoms with Gasteiger partial charge in [0.25, 0.3) is 0 Å². The van der Waals surface area contributed by atoms with Crippen molar-refractivity contribution in [3.05, 3.63) is 59.7 Å². The summed E-state index contributed by atoms with van der Waals surface area (Å²) in [7, 11) is -1.50. The zero-order valence-corrected chi connectivity index (χ0v) is 11.7. The van der Waals surface area contributed by atoms with Gasteiger partial charge in [-0.2, -0.15) is 5.26 Å². The molecule has 6 heteroatoms. The van der Waals surface area contributed by atoms with Crippen molar-refractivity contribution in [2.75, 3.05) is 12.4 Å². The number of halogens is 2. The summed E-state index contributed by atoms with van der Waals surface area (Å²) in [6, 6.07) is 11.8. The molecule has 0 aromatic heterocycles. The summed E-state index contributed by atoms with van der Waals surface area (Å²) in [4.78, 5) is 0.200. The first kappa shape index (κ1) is 15.1. The number of hydrogen-bond acceptors (Lipinski definition) is 3. The molecule has 0 saturated heterocycles. The lowest BCUT2D eigenvalue weighted by Gasteiger charge is -2.07. The molecule has 2 aromatic rings. The number of hydrogen-bond donors (Lipinski definition) is 0. The molecular formula is C15H11F2NO2S. The van der Waals surface area contributed by atoms with Crippen molar-refractivity contribution in [3.63, 3.8) is 0 Å². The fraction of sp³-hybridized carbons (Fsp3) is 0.133. The predicted octanol–water partition coefficient (Wildman–Crippen LogP) is 3.02.